The molecule has 0 radical (unpaired) electrons. The smallest absolute Gasteiger partial charge is 0.00140 e. The SMILES string of the molecule is CC=Cc1c(/C=C\C(C)C)c(C)c2ccc3c4ccc5c6ccccc6c(C)c6ccc(c7ccc1c2c73)c4c65. The first-order chi connectivity index (χ1) is 19.5. The summed E-state index contributed by atoms with van der Waals surface area (Å²) >= 11 is 0. The molecular weight excluding hydrogens is 480 g/mol. The molecule has 0 aliphatic rings. The lowest BCUT2D eigenvalue weighted by molar-refractivity contribution is 0.836. The highest BCUT2D eigenvalue weighted by molar-refractivity contribution is 6.41. The van der Waals surface area contributed by atoms with Crippen LogP contribution in [0.5, 0.6) is 0 Å². The van der Waals surface area contributed by atoms with Crippen LogP contribution in [0.25, 0.3) is 87.6 Å². The van der Waals surface area contributed by atoms with Crippen LogP contribution in [0.15, 0.2) is 84.9 Å². The molecule has 0 spiro atoms. The van der Waals surface area contributed by atoms with Crippen molar-refractivity contribution >= 4 is 87.6 Å². The minimum absolute atomic E-state index is 0.510. The Balaban J connectivity index is 1.61. The lowest BCUT2D eigenvalue weighted by Gasteiger charge is -2.22. The Labute approximate surface area is 234 Å². The first kappa shape index (κ1) is 23.5. The van der Waals surface area contributed by atoms with Crippen LogP contribution in [0.3, 0.4) is 0 Å². The van der Waals surface area contributed by atoms with Gasteiger partial charge in [0.2, 0.25) is 0 Å². The van der Waals surface area contributed by atoms with E-state index < -0.39 is 0 Å². The quantitative estimate of drug-likeness (QED) is 0.163. The van der Waals surface area contributed by atoms with E-state index in [-0.39, 0.29) is 0 Å². The Bertz CT molecular complexity index is 2340. The van der Waals surface area contributed by atoms with Crippen molar-refractivity contribution < 1.29 is 0 Å². The standard InChI is InChI=1S/C40H32/c1-6-9-29-26(13-12-22(2)3)24(5)28-15-17-33-36-21-19-32-30-11-8-7-10-25(30)23(4)27-14-16-34(40(36)38(27)32)35-20-18-31(29)37(28)39(33)35/h6-22H,1-5H3/b9-6?,13-12-. The zero-order chi connectivity index (χ0) is 27.3. The zero-order valence-electron chi connectivity index (χ0n) is 23.8. The second kappa shape index (κ2) is 8.29. The van der Waals surface area contributed by atoms with E-state index in [0.717, 1.165) is 0 Å². The van der Waals surface area contributed by atoms with Gasteiger partial charge >= 0.3 is 0 Å². The van der Waals surface area contributed by atoms with Crippen molar-refractivity contribution in [3.8, 4) is 0 Å². The average Bonchev–Trinajstić information content (AvgIpc) is 2.97. The molecule has 0 amide bonds. The second-order valence-corrected chi connectivity index (χ2v) is 11.9. The van der Waals surface area contributed by atoms with Crippen LogP contribution in [0, 0.1) is 19.8 Å². The fraction of sp³-hybridized carbons (Fsp3) is 0.150. The van der Waals surface area contributed by atoms with Crippen LogP contribution in [-0.4, -0.2) is 0 Å². The number of hydrogen-bond donors (Lipinski definition) is 0. The molecule has 0 unspecified atom stereocenters. The summed E-state index contributed by atoms with van der Waals surface area (Å²) in [5.74, 6) is 0.510. The number of hydrogen-bond acceptors (Lipinski definition) is 0. The minimum Gasteiger partial charge on any atom is -0.0870 e. The van der Waals surface area contributed by atoms with Crippen molar-refractivity contribution in [2.75, 3.05) is 0 Å². The summed E-state index contributed by atoms with van der Waals surface area (Å²) in [4.78, 5) is 0. The van der Waals surface area contributed by atoms with Gasteiger partial charge in [-0.3, -0.25) is 0 Å². The van der Waals surface area contributed by atoms with Crippen molar-refractivity contribution in [1.82, 2.24) is 0 Å². The maximum Gasteiger partial charge on any atom is -0.00140 e. The third-order valence-corrected chi connectivity index (χ3v) is 9.30. The van der Waals surface area contributed by atoms with Crippen molar-refractivity contribution in [3.05, 3.63) is 107 Å². The highest BCUT2D eigenvalue weighted by Gasteiger charge is 2.21. The van der Waals surface area contributed by atoms with E-state index in [4.69, 9.17) is 0 Å². The fourth-order valence-electron chi connectivity index (χ4n) is 7.49. The highest BCUT2D eigenvalue weighted by atomic mass is 14.2. The van der Waals surface area contributed by atoms with Crippen molar-refractivity contribution in [2.45, 2.75) is 34.6 Å². The lowest BCUT2D eigenvalue weighted by atomic mass is 9.81. The number of rotatable bonds is 3. The molecule has 0 fully saturated rings. The second-order valence-electron chi connectivity index (χ2n) is 11.9. The molecule has 0 saturated carbocycles. The number of benzene rings is 8. The van der Waals surface area contributed by atoms with Crippen LogP contribution in [-0.2, 0) is 0 Å². The predicted molar refractivity (Wildman–Crippen MR) is 179 cm³/mol. The summed E-state index contributed by atoms with van der Waals surface area (Å²) in [6.07, 6.45) is 9.14. The maximum absolute atomic E-state index is 2.39. The molecular formula is C40H32. The molecule has 0 heteroatoms. The minimum atomic E-state index is 0.510. The monoisotopic (exact) mass is 512 g/mol. The molecule has 0 nitrogen and oxygen atoms in total. The molecule has 0 aliphatic heterocycles. The Hall–Kier alpha value is -4.42. The third-order valence-electron chi connectivity index (χ3n) is 9.30. The Kier molecular flexibility index (Phi) is 4.86. The Morgan fingerprint density at radius 2 is 0.900 bits per heavy atom. The van der Waals surface area contributed by atoms with E-state index in [1.54, 1.807) is 0 Å². The van der Waals surface area contributed by atoms with Gasteiger partial charge < -0.3 is 0 Å². The van der Waals surface area contributed by atoms with Gasteiger partial charge in [-0.05, 0) is 124 Å². The van der Waals surface area contributed by atoms with Crippen molar-refractivity contribution in [3.63, 3.8) is 0 Å². The zero-order valence-corrected chi connectivity index (χ0v) is 23.8. The average molecular weight is 513 g/mol. The fourth-order valence-corrected chi connectivity index (χ4v) is 7.49. The van der Waals surface area contributed by atoms with Crippen molar-refractivity contribution in [2.24, 2.45) is 5.92 Å². The van der Waals surface area contributed by atoms with E-state index >= 15 is 0 Å². The number of allylic oxidation sites excluding steroid dienone is 2. The summed E-state index contributed by atoms with van der Waals surface area (Å²) in [5, 5.41) is 19.2. The molecule has 0 aromatic heterocycles. The van der Waals surface area contributed by atoms with E-state index in [2.05, 4.69) is 132 Å². The van der Waals surface area contributed by atoms with Gasteiger partial charge in [-0.25, -0.2) is 0 Å². The maximum atomic E-state index is 2.39. The molecule has 0 N–H and O–H groups in total. The van der Waals surface area contributed by atoms with E-state index in [1.807, 2.05) is 0 Å². The van der Waals surface area contributed by atoms with Gasteiger partial charge in [0.15, 0.2) is 0 Å². The third kappa shape index (κ3) is 2.91. The first-order valence-electron chi connectivity index (χ1n) is 14.5. The van der Waals surface area contributed by atoms with E-state index in [0.29, 0.717) is 5.92 Å². The van der Waals surface area contributed by atoms with E-state index in [1.165, 1.54) is 97.7 Å². The Morgan fingerprint density at radius 3 is 1.48 bits per heavy atom. The summed E-state index contributed by atoms with van der Waals surface area (Å²) in [7, 11) is 0. The van der Waals surface area contributed by atoms with Gasteiger partial charge in [0.25, 0.3) is 0 Å². The van der Waals surface area contributed by atoms with Crippen LogP contribution < -0.4 is 0 Å². The summed E-state index contributed by atoms with van der Waals surface area (Å²) in [6, 6.07) is 27.9. The highest BCUT2D eigenvalue weighted by Crippen LogP contribution is 2.48. The van der Waals surface area contributed by atoms with Gasteiger partial charge in [-0.15, -0.1) is 0 Å². The molecule has 8 aromatic rings. The molecule has 0 bridgehead atoms. The largest absolute Gasteiger partial charge is 0.0870 e. The molecule has 192 valence electrons. The van der Waals surface area contributed by atoms with Gasteiger partial charge in [0.1, 0.15) is 0 Å². The molecule has 0 heterocycles. The van der Waals surface area contributed by atoms with Gasteiger partial charge in [0, 0.05) is 0 Å². The number of fused-ring (bicyclic) bond motifs is 4. The molecule has 0 saturated heterocycles. The predicted octanol–water partition coefficient (Wildman–Crippen LogP) is 12.0. The molecule has 8 rings (SSSR count). The summed E-state index contributed by atoms with van der Waals surface area (Å²) < 4.78 is 0. The first-order valence-corrected chi connectivity index (χ1v) is 14.5. The van der Waals surface area contributed by atoms with Crippen LogP contribution in [0.2, 0.25) is 0 Å². The molecule has 8 aromatic carbocycles. The summed E-state index contributed by atoms with van der Waals surface area (Å²) in [6.45, 7) is 11.2. The van der Waals surface area contributed by atoms with Gasteiger partial charge in [0.05, 0.1) is 0 Å². The molecule has 0 atom stereocenters. The Morgan fingerprint density at radius 1 is 0.450 bits per heavy atom. The van der Waals surface area contributed by atoms with Crippen LogP contribution >= 0.6 is 0 Å². The van der Waals surface area contributed by atoms with Crippen molar-refractivity contribution in [1.29, 1.82) is 0 Å². The topological polar surface area (TPSA) is 0 Å². The van der Waals surface area contributed by atoms with E-state index in [9.17, 15) is 0 Å². The molecule has 40 heavy (non-hydrogen) atoms. The van der Waals surface area contributed by atoms with Crippen LogP contribution in [0.1, 0.15) is 43.0 Å². The van der Waals surface area contributed by atoms with Gasteiger partial charge in [-0.1, -0.05) is 111 Å². The van der Waals surface area contributed by atoms with Crippen LogP contribution in [0.4, 0.5) is 0 Å². The lowest BCUT2D eigenvalue weighted by Crippen LogP contribution is -1.96. The summed E-state index contributed by atoms with van der Waals surface area (Å²) in [5.41, 5.74) is 5.39. The van der Waals surface area contributed by atoms with Gasteiger partial charge in [-0.2, -0.15) is 0 Å². The number of aryl methyl sites for hydroxylation is 2. The normalized spacial score (nSPS) is 13.2. The molecule has 0 aliphatic carbocycles.